The fraction of sp³-hybridized carbons (Fsp3) is 0.500. The van der Waals surface area contributed by atoms with Gasteiger partial charge in [0, 0.05) is 30.3 Å². The summed E-state index contributed by atoms with van der Waals surface area (Å²) in [6.45, 7) is 0. The van der Waals surface area contributed by atoms with Gasteiger partial charge in [0.05, 0.1) is 0 Å². The van der Waals surface area contributed by atoms with Crippen molar-refractivity contribution in [2.75, 3.05) is 0 Å². The van der Waals surface area contributed by atoms with E-state index in [1.807, 2.05) is 18.3 Å². The first kappa shape index (κ1) is 8.89. The van der Waals surface area contributed by atoms with Gasteiger partial charge in [0.2, 0.25) is 5.91 Å². The maximum Gasteiger partial charge on any atom is 0.220 e. The lowest BCUT2D eigenvalue weighted by atomic mass is 9.96. The van der Waals surface area contributed by atoms with Crippen LogP contribution in [0.4, 0.5) is 0 Å². The minimum Gasteiger partial charge on any atom is -0.352 e. The molecule has 1 unspecified atom stereocenters. The van der Waals surface area contributed by atoms with E-state index >= 15 is 0 Å². The van der Waals surface area contributed by atoms with Crippen LogP contribution in [-0.4, -0.2) is 16.9 Å². The Morgan fingerprint density at radius 3 is 3.07 bits per heavy atom. The minimum absolute atomic E-state index is 0.214. The maximum absolute atomic E-state index is 11.3. The Morgan fingerprint density at radius 2 is 2.27 bits per heavy atom. The van der Waals surface area contributed by atoms with Crippen LogP contribution < -0.4 is 5.32 Å². The highest BCUT2D eigenvalue weighted by Crippen LogP contribution is 2.42. The number of aromatic nitrogens is 1. The summed E-state index contributed by atoms with van der Waals surface area (Å²) in [6.07, 6.45) is 4.87. The molecule has 3 heteroatoms. The molecule has 1 aliphatic carbocycles. The molecule has 1 aromatic rings. The molecular formula is C12H14N2O. The predicted molar refractivity (Wildman–Crippen MR) is 56.2 cm³/mol. The maximum atomic E-state index is 11.3. The van der Waals surface area contributed by atoms with Crippen molar-refractivity contribution >= 4 is 5.91 Å². The number of rotatable bonds is 1. The quantitative estimate of drug-likeness (QED) is 0.749. The van der Waals surface area contributed by atoms with E-state index in [1.165, 1.54) is 0 Å². The van der Waals surface area contributed by atoms with Crippen molar-refractivity contribution in [1.82, 2.24) is 10.3 Å². The van der Waals surface area contributed by atoms with Crippen molar-refractivity contribution in [3.8, 4) is 0 Å². The minimum atomic E-state index is 0.214. The highest BCUT2D eigenvalue weighted by molar-refractivity contribution is 5.79. The summed E-state index contributed by atoms with van der Waals surface area (Å²) in [4.78, 5) is 15.7. The molecule has 2 aliphatic rings. The molecule has 15 heavy (non-hydrogen) atoms. The van der Waals surface area contributed by atoms with Crippen LogP contribution in [0.1, 0.15) is 30.9 Å². The van der Waals surface area contributed by atoms with Crippen LogP contribution in [0.15, 0.2) is 24.4 Å². The van der Waals surface area contributed by atoms with E-state index < -0.39 is 0 Å². The summed E-state index contributed by atoms with van der Waals surface area (Å²) in [5.74, 6) is 1.19. The van der Waals surface area contributed by atoms with E-state index in [-0.39, 0.29) is 5.91 Å². The van der Waals surface area contributed by atoms with Crippen molar-refractivity contribution in [2.24, 2.45) is 5.92 Å². The number of hydrogen-bond acceptors (Lipinski definition) is 2. The summed E-state index contributed by atoms with van der Waals surface area (Å²) in [6, 6.07) is 6.36. The zero-order valence-electron chi connectivity index (χ0n) is 8.52. The van der Waals surface area contributed by atoms with Gasteiger partial charge in [-0.15, -0.1) is 0 Å². The summed E-state index contributed by atoms with van der Waals surface area (Å²) >= 11 is 0. The van der Waals surface area contributed by atoms with Gasteiger partial charge in [0.1, 0.15) is 0 Å². The molecule has 1 amide bonds. The Morgan fingerprint density at radius 1 is 1.33 bits per heavy atom. The monoisotopic (exact) mass is 202 g/mol. The first-order chi connectivity index (χ1) is 7.34. The van der Waals surface area contributed by atoms with Crippen molar-refractivity contribution < 1.29 is 4.79 Å². The van der Waals surface area contributed by atoms with Crippen molar-refractivity contribution in [3.63, 3.8) is 0 Å². The lowest BCUT2D eigenvalue weighted by molar-refractivity contribution is -0.119. The molecule has 0 aromatic carbocycles. The molecular weight excluding hydrogens is 188 g/mol. The number of carbonyl (C=O) groups is 1. The molecule has 2 fully saturated rings. The van der Waals surface area contributed by atoms with E-state index in [9.17, 15) is 4.79 Å². The van der Waals surface area contributed by atoms with E-state index in [4.69, 9.17) is 0 Å². The van der Waals surface area contributed by atoms with Crippen LogP contribution >= 0.6 is 0 Å². The van der Waals surface area contributed by atoms with Crippen LogP contribution in [0.3, 0.4) is 0 Å². The molecule has 3 nitrogen and oxygen atoms in total. The molecule has 3 rings (SSSR count). The van der Waals surface area contributed by atoms with Crippen LogP contribution in [0.2, 0.25) is 0 Å². The predicted octanol–water partition coefficient (Wildman–Crippen LogP) is 1.46. The number of amides is 1. The molecule has 3 atom stereocenters. The third-order valence-corrected chi connectivity index (χ3v) is 3.63. The van der Waals surface area contributed by atoms with E-state index in [0.29, 0.717) is 24.3 Å². The Balaban J connectivity index is 1.87. The van der Waals surface area contributed by atoms with Gasteiger partial charge in [0.15, 0.2) is 0 Å². The van der Waals surface area contributed by atoms with Crippen molar-refractivity contribution in [2.45, 2.75) is 31.2 Å². The average molecular weight is 202 g/mol. The SMILES string of the molecule is O=C1CC2CC[C@H](c3ccccn3)[C@@H]2N1. The Hall–Kier alpha value is -1.38. The lowest BCUT2D eigenvalue weighted by Gasteiger charge is -2.17. The zero-order valence-corrected chi connectivity index (χ0v) is 8.52. The summed E-state index contributed by atoms with van der Waals surface area (Å²) < 4.78 is 0. The molecule has 0 bridgehead atoms. The second kappa shape index (κ2) is 3.33. The highest BCUT2D eigenvalue weighted by atomic mass is 16.2. The fourth-order valence-corrected chi connectivity index (χ4v) is 2.94. The summed E-state index contributed by atoms with van der Waals surface area (Å²) in [5, 5.41) is 3.09. The molecule has 2 heterocycles. The molecule has 1 saturated carbocycles. The molecule has 1 saturated heterocycles. The number of nitrogens with one attached hydrogen (secondary N) is 1. The average Bonchev–Trinajstić information content (AvgIpc) is 2.77. The van der Waals surface area contributed by atoms with Crippen LogP contribution in [0.5, 0.6) is 0 Å². The van der Waals surface area contributed by atoms with E-state index in [1.54, 1.807) is 0 Å². The fourth-order valence-electron chi connectivity index (χ4n) is 2.94. The number of carbonyl (C=O) groups excluding carboxylic acids is 1. The standard InChI is InChI=1S/C12H14N2O/c15-11-7-8-4-5-9(12(8)14-11)10-3-1-2-6-13-10/h1-3,6,8-9,12H,4-5,7H2,(H,14,15)/t8?,9-,12-/m1/s1. The number of nitrogens with zero attached hydrogens (tertiary/aromatic N) is 1. The molecule has 78 valence electrons. The molecule has 0 spiro atoms. The van der Waals surface area contributed by atoms with Gasteiger partial charge >= 0.3 is 0 Å². The second-order valence-electron chi connectivity index (χ2n) is 4.50. The first-order valence-corrected chi connectivity index (χ1v) is 5.55. The second-order valence-corrected chi connectivity index (χ2v) is 4.50. The van der Waals surface area contributed by atoms with Gasteiger partial charge in [-0.2, -0.15) is 0 Å². The number of hydrogen-bond donors (Lipinski definition) is 1. The van der Waals surface area contributed by atoms with Crippen LogP contribution in [0.25, 0.3) is 0 Å². The van der Waals surface area contributed by atoms with Gasteiger partial charge in [-0.1, -0.05) is 6.07 Å². The van der Waals surface area contributed by atoms with Crippen molar-refractivity contribution in [1.29, 1.82) is 0 Å². The summed E-state index contributed by atoms with van der Waals surface area (Å²) in [7, 11) is 0. The Bertz CT molecular complexity index is 376. The highest BCUT2D eigenvalue weighted by Gasteiger charge is 2.43. The third kappa shape index (κ3) is 1.42. The summed E-state index contributed by atoms with van der Waals surface area (Å²) in [5.41, 5.74) is 1.13. The van der Waals surface area contributed by atoms with Gasteiger partial charge < -0.3 is 5.32 Å². The van der Waals surface area contributed by atoms with E-state index in [0.717, 1.165) is 18.5 Å². The Labute approximate surface area is 88.9 Å². The van der Waals surface area contributed by atoms with Crippen LogP contribution in [0, 0.1) is 5.92 Å². The first-order valence-electron chi connectivity index (χ1n) is 5.55. The normalized spacial score (nSPS) is 33.9. The van der Waals surface area contributed by atoms with Crippen LogP contribution in [-0.2, 0) is 4.79 Å². The van der Waals surface area contributed by atoms with Gasteiger partial charge in [-0.3, -0.25) is 9.78 Å². The van der Waals surface area contributed by atoms with Gasteiger partial charge in [-0.25, -0.2) is 0 Å². The number of pyridine rings is 1. The lowest BCUT2D eigenvalue weighted by Crippen LogP contribution is -2.31. The smallest absolute Gasteiger partial charge is 0.220 e. The van der Waals surface area contributed by atoms with E-state index in [2.05, 4.69) is 16.4 Å². The van der Waals surface area contributed by atoms with Gasteiger partial charge in [0.25, 0.3) is 0 Å². The zero-order chi connectivity index (χ0) is 10.3. The molecule has 1 N–H and O–H groups in total. The number of fused-ring (bicyclic) bond motifs is 1. The molecule has 1 aliphatic heterocycles. The topological polar surface area (TPSA) is 42.0 Å². The molecule has 1 aromatic heterocycles. The third-order valence-electron chi connectivity index (χ3n) is 3.63. The van der Waals surface area contributed by atoms with Gasteiger partial charge in [-0.05, 0) is 30.9 Å². The van der Waals surface area contributed by atoms with Crippen molar-refractivity contribution in [3.05, 3.63) is 30.1 Å². The largest absolute Gasteiger partial charge is 0.352 e. The Kier molecular flexibility index (Phi) is 1.97. The molecule has 0 radical (unpaired) electrons.